The van der Waals surface area contributed by atoms with Crippen LogP contribution in [-0.4, -0.2) is 25.9 Å². The first-order valence-corrected chi connectivity index (χ1v) is 7.24. The number of hydrogen-bond acceptors (Lipinski definition) is 3. The maximum Gasteiger partial charge on any atom is 0.125 e. The van der Waals surface area contributed by atoms with E-state index in [0.29, 0.717) is 13.2 Å². The van der Waals surface area contributed by atoms with Crippen LogP contribution in [0, 0.1) is 13.8 Å². The molecule has 1 aliphatic rings. The molecule has 0 heterocycles. The van der Waals surface area contributed by atoms with Crippen molar-refractivity contribution in [1.82, 2.24) is 5.32 Å². The predicted molar refractivity (Wildman–Crippen MR) is 77.8 cm³/mol. The molecule has 0 aromatic heterocycles. The average molecular weight is 263 g/mol. The Bertz CT molecular complexity index is 390. The summed E-state index contributed by atoms with van der Waals surface area (Å²) in [5.74, 6) is 1.01. The van der Waals surface area contributed by atoms with Gasteiger partial charge in [0, 0.05) is 19.2 Å². The Labute approximate surface area is 116 Å². The molecule has 0 bridgehead atoms. The smallest absolute Gasteiger partial charge is 0.125 e. The molecule has 0 amide bonds. The molecule has 1 saturated carbocycles. The maximum absolute atomic E-state index is 5.82. The highest BCUT2D eigenvalue weighted by atomic mass is 16.5. The molecule has 0 atom stereocenters. The highest BCUT2D eigenvalue weighted by molar-refractivity contribution is 5.43. The minimum atomic E-state index is 0.620. The van der Waals surface area contributed by atoms with E-state index >= 15 is 0 Å². The van der Waals surface area contributed by atoms with E-state index in [1.54, 1.807) is 0 Å². The normalized spacial score (nSPS) is 14.7. The zero-order chi connectivity index (χ0) is 13.7. The van der Waals surface area contributed by atoms with E-state index in [0.717, 1.165) is 24.9 Å². The molecule has 0 radical (unpaired) electrons. The molecule has 1 fully saturated rings. The predicted octanol–water partition coefficient (Wildman–Crippen LogP) is 2.97. The van der Waals surface area contributed by atoms with Crippen molar-refractivity contribution in [2.45, 2.75) is 46.2 Å². The van der Waals surface area contributed by atoms with Crippen LogP contribution in [0.1, 0.15) is 36.5 Å². The van der Waals surface area contributed by atoms with Gasteiger partial charge in [0.1, 0.15) is 12.4 Å². The molecule has 106 valence electrons. The number of aryl methyl sites for hydroxylation is 2. The maximum atomic E-state index is 5.82. The highest BCUT2D eigenvalue weighted by Gasteiger charge is 2.20. The summed E-state index contributed by atoms with van der Waals surface area (Å²) in [6, 6.07) is 5.19. The van der Waals surface area contributed by atoms with Crippen molar-refractivity contribution in [2.75, 3.05) is 19.8 Å². The summed E-state index contributed by atoms with van der Waals surface area (Å²) >= 11 is 0. The number of hydrogen-bond donors (Lipinski definition) is 1. The summed E-state index contributed by atoms with van der Waals surface area (Å²) in [6.07, 6.45) is 2.66. The molecule has 0 saturated heterocycles. The fourth-order valence-corrected chi connectivity index (χ4v) is 2.27. The zero-order valence-corrected chi connectivity index (χ0v) is 12.3. The Morgan fingerprint density at radius 3 is 2.42 bits per heavy atom. The van der Waals surface area contributed by atoms with E-state index in [1.165, 1.54) is 29.5 Å². The molecule has 0 aliphatic heterocycles. The largest absolute Gasteiger partial charge is 0.491 e. The summed E-state index contributed by atoms with van der Waals surface area (Å²) in [5.41, 5.74) is 3.77. The lowest BCUT2D eigenvalue weighted by Crippen LogP contribution is -2.15. The van der Waals surface area contributed by atoms with E-state index in [2.05, 4.69) is 31.3 Å². The SMILES string of the molecule is CCOCCOc1c(C)cc(CNC2CC2)cc1C. The van der Waals surface area contributed by atoms with Crippen LogP contribution >= 0.6 is 0 Å². The fraction of sp³-hybridized carbons (Fsp3) is 0.625. The summed E-state index contributed by atoms with van der Waals surface area (Å²) in [5, 5.41) is 3.55. The third-order valence-corrected chi connectivity index (χ3v) is 3.37. The van der Waals surface area contributed by atoms with Crippen molar-refractivity contribution >= 4 is 0 Å². The van der Waals surface area contributed by atoms with Crippen LogP contribution in [0.4, 0.5) is 0 Å². The minimum absolute atomic E-state index is 0.620. The van der Waals surface area contributed by atoms with Crippen LogP contribution in [0.3, 0.4) is 0 Å². The van der Waals surface area contributed by atoms with Gasteiger partial charge < -0.3 is 14.8 Å². The van der Waals surface area contributed by atoms with Crippen LogP contribution < -0.4 is 10.1 Å². The van der Waals surface area contributed by atoms with Crippen molar-refractivity contribution < 1.29 is 9.47 Å². The standard InChI is InChI=1S/C16H25NO2/c1-4-18-7-8-19-16-12(2)9-14(10-13(16)3)11-17-15-5-6-15/h9-10,15,17H,4-8,11H2,1-3H3. The third-order valence-electron chi connectivity index (χ3n) is 3.37. The Hall–Kier alpha value is -1.06. The van der Waals surface area contributed by atoms with Gasteiger partial charge in [-0.05, 0) is 50.3 Å². The first-order valence-electron chi connectivity index (χ1n) is 7.24. The summed E-state index contributed by atoms with van der Waals surface area (Å²) < 4.78 is 11.1. The quantitative estimate of drug-likeness (QED) is 0.731. The van der Waals surface area contributed by atoms with Crippen molar-refractivity contribution in [3.05, 3.63) is 28.8 Å². The number of benzene rings is 1. The van der Waals surface area contributed by atoms with Gasteiger partial charge in [0.2, 0.25) is 0 Å². The van der Waals surface area contributed by atoms with Gasteiger partial charge in [-0.25, -0.2) is 0 Å². The van der Waals surface area contributed by atoms with Crippen LogP contribution in [0.25, 0.3) is 0 Å². The second-order valence-corrected chi connectivity index (χ2v) is 5.26. The molecular weight excluding hydrogens is 238 g/mol. The van der Waals surface area contributed by atoms with E-state index in [-0.39, 0.29) is 0 Å². The molecule has 1 aromatic carbocycles. The molecule has 0 spiro atoms. The molecule has 1 aromatic rings. The zero-order valence-electron chi connectivity index (χ0n) is 12.3. The van der Waals surface area contributed by atoms with E-state index < -0.39 is 0 Å². The third kappa shape index (κ3) is 4.51. The highest BCUT2D eigenvalue weighted by Crippen LogP contribution is 2.26. The Morgan fingerprint density at radius 1 is 1.16 bits per heavy atom. The van der Waals surface area contributed by atoms with Gasteiger partial charge in [0.15, 0.2) is 0 Å². The summed E-state index contributed by atoms with van der Waals surface area (Å²) in [7, 11) is 0. The fourth-order valence-electron chi connectivity index (χ4n) is 2.27. The van der Waals surface area contributed by atoms with Gasteiger partial charge in [-0.1, -0.05) is 12.1 Å². The summed E-state index contributed by atoms with van der Waals surface area (Å²) in [4.78, 5) is 0. The van der Waals surface area contributed by atoms with E-state index in [1.807, 2.05) is 6.92 Å². The minimum Gasteiger partial charge on any atom is -0.491 e. The first-order chi connectivity index (χ1) is 9.20. The molecule has 1 aliphatic carbocycles. The lowest BCUT2D eigenvalue weighted by atomic mass is 10.1. The molecule has 0 unspecified atom stereocenters. The first kappa shape index (κ1) is 14.4. The van der Waals surface area contributed by atoms with Crippen molar-refractivity contribution in [3.8, 4) is 5.75 Å². The van der Waals surface area contributed by atoms with Gasteiger partial charge in [0.05, 0.1) is 6.61 Å². The van der Waals surface area contributed by atoms with Gasteiger partial charge in [0.25, 0.3) is 0 Å². The molecule has 19 heavy (non-hydrogen) atoms. The molecule has 3 heteroatoms. The van der Waals surface area contributed by atoms with E-state index in [9.17, 15) is 0 Å². The number of rotatable bonds is 8. The van der Waals surface area contributed by atoms with Crippen LogP contribution in [0.2, 0.25) is 0 Å². The van der Waals surface area contributed by atoms with Crippen molar-refractivity contribution in [2.24, 2.45) is 0 Å². The van der Waals surface area contributed by atoms with Gasteiger partial charge >= 0.3 is 0 Å². The molecule has 3 nitrogen and oxygen atoms in total. The van der Waals surface area contributed by atoms with Crippen LogP contribution in [-0.2, 0) is 11.3 Å². The van der Waals surface area contributed by atoms with Crippen LogP contribution in [0.15, 0.2) is 12.1 Å². The Morgan fingerprint density at radius 2 is 1.84 bits per heavy atom. The van der Waals surface area contributed by atoms with Gasteiger partial charge in [-0.15, -0.1) is 0 Å². The van der Waals surface area contributed by atoms with Crippen LogP contribution in [0.5, 0.6) is 5.75 Å². The van der Waals surface area contributed by atoms with E-state index in [4.69, 9.17) is 9.47 Å². The Kier molecular flexibility index (Phi) is 5.23. The molecule has 2 rings (SSSR count). The van der Waals surface area contributed by atoms with Gasteiger partial charge in [-0.2, -0.15) is 0 Å². The van der Waals surface area contributed by atoms with Crippen molar-refractivity contribution in [1.29, 1.82) is 0 Å². The molecule has 1 N–H and O–H groups in total. The number of ether oxygens (including phenoxy) is 2. The van der Waals surface area contributed by atoms with Gasteiger partial charge in [-0.3, -0.25) is 0 Å². The lowest BCUT2D eigenvalue weighted by Gasteiger charge is -2.14. The van der Waals surface area contributed by atoms with Crippen molar-refractivity contribution in [3.63, 3.8) is 0 Å². The monoisotopic (exact) mass is 263 g/mol. The molecular formula is C16H25NO2. The second-order valence-electron chi connectivity index (χ2n) is 5.26. The Balaban J connectivity index is 1.91. The second kappa shape index (κ2) is 6.92. The summed E-state index contributed by atoms with van der Waals surface area (Å²) in [6.45, 7) is 9.21. The number of nitrogens with one attached hydrogen (secondary N) is 1. The lowest BCUT2D eigenvalue weighted by molar-refractivity contribution is 0.109. The average Bonchev–Trinajstić information content (AvgIpc) is 3.18. The topological polar surface area (TPSA) is 30.5 Å².